The maximum atomic E-state index is 12.4. The molecule has 2 N–H and O–H groups in total. The first-order valence-corrected chi connectivity index (χ1v) is 11.5. The van der Waals surface area contributed by atoms with Crippen LogP contribution in [0.15, 0.2) is 53.6 Å². The molecule has 0 radical (unpaired) electrons. The lowest BCUT2D eigenvalue weighted by molar-refractivity contribution is 0.328. The zero-order valence-electron chi connectivity index (χ0n) is 16.6. The molecule has 28 heavy (non-hydrogen) atoms. The van der Waals surface area contributed by atoms with E-state index in [9.17, 15) is 8.42 Å². The van der Waals surface area contributed by atoms with Crippen molar-refractivity contribution in [3.8, 4) is 0 Å². The lowest BCUT2D eigenvalue weighted by Gasteiger charge is -2.17. The molecule has 0 spiro atoms. The first kappa shape index (κ1) is 20.8. The summed E-state index contributed by atoms with van der Waals surface area (Å²) in [4.78, 5) is 6.95. The van der Waals surface area contributed by atoms with E-state index in [-0.39, 0.29) is 10.9 Å². The SMILES string of the molecule is CCCC(C)NS(=O)(=O)c1ccc(NC2CCN(Cc3ccccc3)C2)nc1. The minimum Gasteiger partial charge on any atom is -0.366 e. The van der Waals surface area contributed by atoms with Gasteiger partial charge >= 0.3 is 0 Å². The van der Waals surface area contributed by atoms with Crippen LogP contribution in [0.1, 0.15) is 38.7 Å². The Hall–Kier alpha value is -1.96. The summed E-state index contributed by atoms with van der Waals surface area (Å²) in [6.45, 7) is 6.86. The van der Waals surface area contributed by atoms with Gasteiger partial charge in [-0.15, -0.1) is 0 Å². The fourth-order valence-electron chi connectivity index (χ4n) is 3.59. The molecular formula is C21H30N4O2S. The summed E-state index contributed by atoms with van der Waals surface area (Å²) >= 11 is 0. The number of sulfonamides is 1. The van der Waals surface area contributed by atoms with Crippen LogP contribution in [-0.2, 0) is 16.6 Å². The van der Waals surface area contributed by atoms with Crippen molar-refractivity contribution in [3.63, 3.8) is 0 Å². The highest BCUT2D eigenvalue weighted by atomic mass is 32.2. The average Bonchev–Trinajstić information content (AvgIpc) is 3.09. The molecule has 7 heteroatoms. The monoisotopic (exact) mass is 402 g/mol. The van der Waals surface area contributed by atoms with Crippen molar-refractivity contribution in [2.45, 2.75) is 56.6 Å². The first-order valence-electron chi connectivity index (χ1n) is 9.97. The Morgan fingerprint density at radius 3 is 2.68 bits per heavy atom. The third kappa shape index (κ3) is 5.77. The van der Waals surface area contributed by atoms with Crippen LogP contribution in [0.3, 0.4) is 0 Å². The Morgan fingerprint density at radius 1 is 1.21 bits per heavy atom. The number of anilines is 1. The molecule has 2 heterocycles. The molecule has 0 aliphatic carbocycles. The van der Waals surface area contributed by atoms with Crippen molar-refractivity contribution in [1.82, 2.24) is 14.6 Å². The van der Waals surface area contributed by atoms with Crippen molar-refractivity contribution >= 4 is 15.8 Å². The van der Waals surface area contributed by atoms with Crippen LogP contribution in [0.25, 0.3) is 0 Å². The summed E-state index contributed by atoms with van der Waals surface area (Å²) in [5, 5.41) is 3.43. The van der Waals surface area contributed by atoms with Gasteiger partial charge in [0.15, 0.2) is 0 Å². The van der Waals surface area contributed by atoms with E-state index in [1.807, 2.05) is 19.9 Å². The molecule has 1 fully saturated rings. The number of nitrogens with zero attached hydrogens (tertiary/aromatic N) is 2. The zero-order chi connectivity index (χ0) is 20.0. The van der Waals surface area contributed by atoms with Gasteiger partial charge in [0.2, 0.25) is 10.0 Å². The number of hydrogen-bond donors (Lipinski definition) is 2. The van der Waals surface area contributed by atoms with Gasteiger partial charge in [-0.1, -0.05) is 43.7 Å². The van der Waals surface area contributed by atoms with Gasteiger partial charge in [0.25, 0.3) is 0 Å². The Bertz CT molecular complexity index is 840. The molecule has 2 aromatic rings. The number of aromatic nitrogens is 1. The van der Waals surface area contributed by atoms with Gasteiger partial charge in [-0.2, -0.15) is 0 Å². The lowest BCUT2D eigenvalue weighted by Crippen LogP contribution is -2.32. The largest absolute Gasteiger partial charge is 0.366 e. The summed E-state index contributed by atoms with van der Waals surface area (Å²) in [6, 6.07) is 14.1. The fourth-order valence-corrected chi connectivity index (χ4v) is 4.82. The Morgan fingerprint density at radius 2 is 2.00 bits per heavy atom. The van der Waals surface area contributed by atoms with E-state index in [1.54, 1.807) is 12.1 Å². The Labute approximate surface area is 168 Å². The second-order valence-corrected chi connectivity index (χ2v) is 9.25. The minimum atomic E-state index is -3.52. The van der Waals surface area contributed by atoms with E-state index in [1.165, 1.54) is 11.8 Å². The van der Waals surface area contributed by atoms with Crippen LogP contribution < -0.4 is 10.0 Å². The van der Waals surface area contributed by atoms with Crippen molar-refractivity contribution in [2.24, 2.45) is 0 Å². The number of hydrogen-bond acceptors (Lipinski definition) is 5. The average molecular weight is 403 g/mol. The molecule has 3 rings (SSSR count). The van der Waals surface area contributed by atoms with E-state index in [0.29, 0.717) is 11.9 Å². The number of pyridine rings is 1. The second-order valence-electron chi connectivity index (χ2n) is 7.54. The highest BCUT2D eigenvalue weighted by molar-refractivity contribution is 7.89. The van der Waals surface area contributed by atoms with Crippen LogP contribution in [0.2, 0.25) is 0 Å². The number of likely N-dealkylation sites (tertiary alicyclic amines) is 1. The predicted octanol–water partition coefficient (Wildman–Crippen LogP) is 3.23. The summed E-state index contributed by atoms with van der Waals surface area (Å²) in [5.74, 6) is 0.715. The van der Waals surface area contributed by atoms with Crippen LogP contribution in [-0.4, -0.2) is 43.5 Å². The molecule has 1 aliphatic rings. The molecule has 1 saturated heterocycles. The standard InChI is InChI=1S/C21H30N4O2S/c1-3-7-17(2)24-28(26,27)20-10-11-21(22-14-20)23-19-12-13-25(16-19)15-18-8-5-4-6-9-18/h4-6,8-11,14,17,19,24H,3,7,12-13,15-16H2,1-2H3,(H,22,23). The van der Waals surface area contributed by atoms with Crippen LogP contribution in [0.5, 0.6) is 0 Å². The van der Waals surface area contributed by atoms with Crippen molar-refractivity contribution in [3.05, 3.63) is 54.2 Å². The maximum Gasteiger partial charge on any atom is 0.242 e. The molecule has 152 valence electrons. The Kier molecular flexibility index (Phi) is 7.04. The van der Waals surface area contributed by atoms with Crippen LogP contribution in [0.4, 0.5) is 5.82 Å². The Balaban J connectivity index is 1.53. The molecule has 0 amide bonds. The van der Waals surface area contributed by atoms with Crippen molar-refractivity contribution < 1.29 is 8.42 Å². The molecule has 1 aliphatic heterocycles. The number of rotatable bonds is 9. The zero-order valence-corrected chi connectivity index (χ0v) is 17.5. The molecule has 1 aromatic heterocycles. The molecule has 2 atom stereocenters. The summed E-state index contributed by atoms with van der Waals surface area (Å²) < 4.78 is 27.5. The van der Waals surface area contributed by atoms with E-state index < -0.39 is 10.0 Å². The highest BCUT2D eigenvalue weighted by Crippen LogP contribution is 2.18. The van der Waals surface area contributed by atoms with Crippen LogP contribution >= 0.6 is 0 Å². The van der Waals surface area contributed by atoms with Gasteiger partial charge in [-0.3, -0.25) is 4.90 Å². The molecule has 0 saturated carbocycles. The molecule has 1 aromatic carbocycles. The van der Waals surface area contributed by atoms with Gasteiger partial charge < -0.3 is 5.32 Å². The smallest absolute Gasteiger partial charge is 0.242 e. The minimum absolute atomic E-state index is 0.0816. The molecule has 0 bridgehead atoms. The summed E-state index contributed by atoms with van der Waals surface area (Å²) in [7, 11) is -3.52. The van der Waals surface area contributed by atoms with Crippen molar-refractivity contribution in [1.29, 1.82) is 0 Å². The normalized spacial score (nSPS) is 18.9. The van der Waals surface area contributed by atoms with Crippen molar-refractivity contribution in [2.75, 3.05) is 18.4 Å². The lowest BCUT2D eigenvalue weighted by atomic mass is 10.2. The first-order chi connectivity index (χ1) is 13.5. The van der Waals surface area contributed by atoms with E-state index in [0.717, 1.165) is 38.9 Å². The van der Waals surface area contributed by atoms with E-state index in [4.69, 9.17) is 0 Å². The van der Waals surface area contributed by atoms with Gasteiger partial charge in [0, 0.05) is 37.9 Å². The fraction of sp³-hybridized carbons (Fsp3) is 0.476. The van der Waals surface area contributed by atoms with E-state index >= 15 is 0 Å². The van der Waals surface area contributed by atoms with Gasteiger partial charge in [0.05, 0.1) is 0 Å². The van der Waals surface area contributed by atoms with Gasteiger partial charge in [-0.25, -0.2) is 18.1 Å². The number of benzene rings is 1. The number of nitrogens with one attached hydrogen (secondary N) is 2. The quantitative estimate of drug-likeness (QED) is 0.674. The molecule has 2 unspecified atom stereocenters. The van der Waals surface area contributed by atoms with E-state index in [2.05, 4.69) is 44.2 Å². The topological polar surface area (TPSA) is 74.3 Å². The second kappa shape index (κ2) is 9.49. The summed E-state index contributed by atoms with van der Waals surface area (Å²) in [6.07, 6.45) is 4.23. The van der Waals surface area contributed by atoms with Gasteiger partial charge in [-0.05, 0) is 37.5 Å². The molecular weight excluding hydrogens is 372 g/mol. The highest BCUT2D eigenvalue weighted by Gasteiger charge is 2.23. The van der Waals surface area contributed by atoms with Gasteiger partial charge in [0.1, 0.15) is 10.7 Å². The third-order valence-electron chi connectivity index (χ3n) is 5.00. The maximum absolute atomic E-state index is 12.4. The predicted molar refractivity (Wildman–Crippen MR) is 113 cm³/mol. The third-order valence-corrected chi connectivity index (χ3v) is 6.57. The molecule has 6 nitrogen and oxygen atoms in total. The van der Waals surface area contributed by atoms with Crippen LogP contribution in [0, 0.1) is 0 Å². The summed E-state index contributed by atoms with van der Waals surface area (Å²) in [5.41, 5.74) is 1.32.